The van der Waals surface area contributed by atoms with E-state index in [1.807, 2.05) is 33.3 Å². The van der Waals surface area contributed by atoms with Gasteiger partial charge < -0.3 is 28.5 Å². The van der Waals surface area contributed by atoms with Gasteiger partial charge in [0.05, 0.1) is 33.8 Å². The van der Waals surface area contributed by atoms with Gasteiger partial charge in [-0.25, -0.2) is 0 Å². The van der Waals surface area contributed by atoms with Gasteiger partial charge in [0.1, 0.15) is 19.3 Å². The Hall–Kier alpha value is -2.81. The summed E-state index contributed by atoms with van der Waals surface area (Å²) in [5, 5.41) is 3.03. The molecule has 0 radical (unpaired) electrons. The molecule has 3 atom stereocenters. The van der Waals surface area contributed by atoms with Gasteiger partial charge >= 0.3 is 5.97 Å². The van der Waals surface area contributed by atoms with E-state index in [0.717, 1.165) is 109 Å². The van der Waals surface area contributed by atoms with E-state index in [1.54, 1.807) is 0 Å². The van der Waals surface area contributed by atoms with Crippen molar-refractivity contribution in [3.8, 4) is 0 Å². The summed E-state index contributed by atoms with van der Waals surface area (Å²) in [4.78, 5) is 40.1. The van der Waals surface area contributed by atoms with Gasteiger partial charge in [0, 0.05) is 12.8 Å². The SMILES string of the molecule is CCCCC/C=C\C/C=C\C/C=C\CCCCCCCCCCC(=O)NC(COP(=O)([O-])OCC[N+](C)(C)C)C(/C=C/CCCCCCCCCCCC)OC(=O)CCCCCCCCCC/C=C\C/C=C\C/C=C\CCCCC. The van der Waals surface area contributed by atoms with E-state index in [2.05, 4.69) is 99.0 Å². The second kappa shape index (κ2) is 59.4. The fourth-order valence-corrected chi connectivity index (χ4v) is 10.1. The van der Waals surface area contributed by atoms with Gasteiger partial charge in [-0.05, 0) is 109 Å². The molecule has 0 rings (SSSR count). The number of nitrogens with one attached hydrogen (secondary N) is 1. The number of esters is 1. The third kappa shape index (κ3) is 59.8. The van der Waals surface area contributed by atoms with Gasteiger partial charge in [-0.3, -0.25) is 14.2 Å². The minimum Gasteiger partial charge on any atom is -0.756 e. The maximum Gasteiger partial charge on any atom is 0.306 e. The summed E-state index contributed by atoms with van der Waals surface area (Å²) in [6.45, 7) is 6.79. The van der Waals surface area contributed by atoms with Crippen molar-refractivity contribution in [3.63, 3.8) is 0 Å². The van der Waals surface area contributed by atoms with Crippen LogP contribution in [0.4, 0.5) is 0 Å². The number of allylic oxidation sites excluding steroid dienone is 13. The van der Waals surface area contributed by atoms with E-state index < -0.39 is 26.6 Å². The zero-order chi connectivity index (χ0) is 58.6. The highest BCUT2D eigenvalue weighted by atomic mass is 31.2. The molecule has 3 unspecified atom stereocenters. The number of nitrogens with zero attached hydrogens (tertiary/aromatic N) is 1. The molecule has 0 aliphatic carbocycles. The van der Waals surface area contributed by atoms with E-state index in [9.17, 15) is 19.0 Å². The van der Waals surface area contributed by atoms with E-state index in [1.165, 1.54) is 154 Å². The third-order valence-electron chi connectivity index (χ3n) is 14.5. The molecule has 0 fully saturated rings. The van der Waals surface area contributed by atoms with Crippen LogP contribution in [0.25, 0.3) is 0 Å². The summed E-state index contributed by atoms with van der Waals surface area (Å²) < 4.78 is 30.4. The topological polar surface area (TPSA) is 114 Å². The minimum atomic E-state index is -4.71. The fourth-order valence-electron chi connectivity index (χ4n) is 9.36. The molecular weight excluding hydrogens is 1010 g/mol. The average Bonchev–Trinajstić information content (AvgIpc) is 3.42. The lowest BCUT2D eigenvalue weighted by Gasteiger charge is -2.30. The first-order chi connectivity index (χ1) is 38.9. The molecule has 10 heteroatoms. The number of rotatable bonds is 60. The maximum atomic E-state index is 13.6. The summed E-state index contributed by atoms with van der Waals surface area (Å²) in [5.41, 5.74) is 0. The standard InChI is InChI=1S/C70H127N2O7P/c1-7-10-13-16-19-22-25-28-30-32-34-36-38-40-42-44-47-50-53-56-59-62-69(73)71-67(66-78-80(75,76)77-65-64-72(4,5)6)68(61-58-55-52-49-46-27-24-21-18-15-12-9-3)79-70(74)63-60-57-54-51-48-45-43-41-39-37-35-33-31-29-26-23-20-17-14-11-8-2/h19-20,22-23,28-31,34-37,58,61,67-68H,7-18,21,24-27,32-33,38-57,59-60,62-66H2,1-6H3,(H-,71,73,75,76)/b22-19-,23-20-,30-28-,31-29-,36-34-,37-35-,61-58+. The van der Waals surface area contributed by atoms with Gasteiger partial charge in [-0.1, -0.05) is 260 Å². The number of carbonyl (C=O) groups is 2. The highest BCUT2D eigenvalue weighted by molar-refractivity contribution is 7.45. The highest BCUT2D eigenvalue weighted by Gasteiger charge is 2.27. The molecule has 0 spiro atoms. The summed E-state index contributed by atoms with van der Waals surface area (Å²) in [5.74, 6) is -0.555. The molecule has 0 aliphatic heterocycles. The molecule has 0 saturated heterocycles. The van der Waals surface area contributed by atoms with Crippen molar-refractivity contribution < 1.29 is 37.3 Å². The van der Waals surface area contributed by atoms with Crippen LogP contribution in [-0.4, -0.2) is 69.4 Å². The lowest BCUT2D eigenvalue weighted by molar-refractivity contribution is -0.870. The van der Waals surface area contributed by atoms with Crippen molar-refractivity contribution in [3.05, 3.63) is 85.1 Å². The molecule has 0 aliphatic rings. The number of likely N-dealkylation sites (N-methyl/N-ethyl adjacent to an activating group) is 1. The largest absolute Gasteiger partial charge is 0.756 e. The summed E-state index contributed by atoms with van der Waals surface area (Å²) in [6.07, 6.45) is 78.3. The number of hydrogen-bond acceptors (Lipinski definition) is 7. The Labute approximate surface area is 495 Å². The minimum absolute atomic E-state index is 0.0282. The first-order valence-corrected chi connectivity index (χ1v) is 34.9. The number of hydrogen-bond donors (Lipinski definition) is 1. The zero-order valence-corrected chi connectivity index (χ0v) is 53.9. The molecule has 0 aromatic carbocycles. The van der Waals surface area contributed by atoms with E-state index in [0.29, 0.717) is 17.4 Å². The molecule has 80 heavy (non-hydrogen) atoms. The number of quaternary nitrogens is 1. The Morgan fingerprint density at radius 1 is 0.438 bits per heavy atom. The average molecular weight is 1140 g/mol. The molecular formula is C70H127N2O7P. The van der Waals surface area contributed by atoms with Crippen LogP contribution in [0.15, 0.2) is 85.1 Å². The second-order valence-corrected chi connectivity index (χ2v) is 25.0. The van der Waals surface area contributed by atoms with Crippen molar-refractivity contribution in [1.29, 1.82) is 0 Å². The van der Waals surface area contributed by atoms with Crippen LogP contribution in [0.2, 0.25) is 0 Å². The summed E-state index contributed by atoms with van der Waals surface area (Å²) in [7, 11) is 1.17. The van der Waals surface area contributed by atoms with Gasteiger partial charge in [-0.15, -0.1) is 0 Å². The first-order valence-electron chi connectivity index (χ1n) is 33.4. The van der Waals surface area contributed by atoms with Crippen molar-refractivity contribution in [1.82, 2.24) is 5.32 Å². The van der Waals surface area contributed by atoms with E-state index in [-0.39, 0.29) is 24.9 Å². The van der Waals surface area contributed by atoms with E-state index >= 15 is 0 Å². The summed E-state index contributed by atoms with van der Waals surface area (Å²) in [6, 6.07) is -0.900. The van der Waals surface area contributed by atoms with Crippen molar-refractivity contribution in [2.24, 2.45) is 0 Å². The van der Waals surface area contributed by atoms with Gasteiger partial charge in [-0.2, -0.15) is 0 Å². The predicted octanol–water partition coefficient (Wildman–Crippen LogP) is 20.3. The predicted molar refractivity (Wildman–Crippen MR) is 344 cm³/mol. The second-order valence-electron chi connectivity index (χ2n) is 23.6. The number of phosphoric ester groups is 1. The third-order valence-corrected chi connectivity index (χ3v) is 15.5. The number of phosphoric acid groups is 1. The van der Waals surface area contributed by atoms with Gasteiger partial charge in [0.2, 0.25) is 5.91 Å². The lowest BCUT2D eigenvalue weighted by Crippen LogP contribution is -2.47. The highest BCUT2D eigenvalue weighted by Crippen LogP contribution is 2.38. The Bertz CT molecular complexity index is 1640. The Morgan fingerprint density at radius 2 is 0.762 bits per heavy atom. The smallest absolute Gasteiger partial charge is 0.306 e. The van der Waals surface area contributed by atoms with Crippen molar-refractivity contribution in [2.75, 3.05) is 40.9 Å². The van der Waals surface area contributed by atoms with Crippen LogP contribution in [0.1, 0.15) is 297 Å². The number of ether oxygens (including phenoxy) is 1. The lowest BCUT2D eigenvalue weighted by atomic mass is 10.0. The molecule has 1 N–H and O–H groups in total. The van der Waals surface area contributed by atoms with Crippen molar-refractivity contribution in [2.45, 2.75) is 309 Å². The fraction of sp³-hybridized carbons (Fsp3) is 0.771. The van der Waals surface area contributed by atoms with Crippen LogP contribution in [0, 0.1) is 0 Å². The Balaban J connectivity index is 5.20. The molecule has 0 aromatic heterocycles. The number of carbonyl (C=O) groups excluding carboxylic acids is 2. The van der Waals surface area contributed by atoms with Crippen LogP contribution >= 0.6 is 7.82 Å². The van der Waals surface area contributed by atoms with Crippen LogP contribution in [0.5, 0.6) is 0 Å². The normalized spacial score (nSPS) is 14.1. The van der Waals surface area contributed by atoms with Crippen LogP contribution in [0.3, 0.4) is 0 Å². The molecule has 0 heterocycles. The molecule has 464 valence electrons. The molecule has 9 nitrogen and oxygen atoms in total. The number of unbranched alkanes of at least 4 members (excludes halogenated alkanes) is 32. The van der Waals surface area contributed by atoms with Gasteiger partial charge in [0.15, 0.2) is 0 Å². The van der Waals surface area contributed by atoms with Crippen LogP contribution in [-0.2, 0) is 27.9 Å². The quantitative estimate of drug-likeness (QED) is 0.0212. The van der Waals surface area contributed by atoms with Crippen molar-refractivity contribution >= 4 is 19.7 Å². The number of amides is 1. The molecule has 0 saturated carbocycles. The van der Waals surface area contributed by atoms with E-state index in [4.69, 9.17) is 13.8 Å². The zero-order valence-electron chi connectivity index (χ0n) is 53.0. The summed E-state index contributed by atoms with van der Waals surface area (Å²) >= 11 is 0. The Kier molecular flexibility index (Phi) is 57.3. The molecule has 0 aromatic rings. The van der Waals surface area contributed by atoms with Crippen LogP contribution < -0.4 is 10.2 Å². The monoisotopic (exact) mass is 1140 g/mol. The molecule has 1 amide bonds. The van der Waals surface area contributed by atoms with Gasteiger partial charge in [0.25, 0.3) is 7.82 Å². The first kappa shape index (κ1) is 77.2. The maximum absolute atomic E-state index is 13.6. The molecule has 0 bridgehead atoms. The Morgan fingerprint density at radius 3 is 1.16 bits per heavy atom.